The summed E-state index contributed by atoms with van der Waals surface area (Å²) in [6.45, 7) is 6.62. The number of rotatable bonds is 1. The second-order valence-corrected chi connectivity index (χ2v) is 4.42. The number of fused-ring (bicyclic) bond motifs is 1. The average Bonchev–Trinajstić information content (AvgIpc) is 2.53. The topological polar surface area (TPSA) is 20.3 Å². The molecule has 68 valence electrons. The second kappa shape index (κ2) is 2.84. The molecule has 2 heteroatoms. The van der Waals surface area contributed by atoms with E-state index in [1.54, 1.807) is 0 Å². The van der Waals surface area contributed by atoms with E-state index in [4.69, 9.17) is 0 Å². The van der Waals surface area contributed by atoms with E-state index in [2.05, 4.69) is 18.7 Å². The fraction of sp³-hybridized carbons (Fsp3) is 0.900. The molecule has 0 radical (unpaired) electrons. The molecule has 1 heterocycles. The number of carbonyl (C=O) groups is 1. The molecular weight excluding hydrogens is 150 g/mol. The van der Waals surface area contributed by atoms with Crippen molar-refractivity contribution < 1.29 is 4.79 Å². The van der Waals surface area contributed by atoms with Crippen LogP contribution in [0.15, 0.2) is 0 Å². The van der Waals surface area contributed by atoms with Gasteiger partial charge in [-0.3, -0.25) is 9.69 Å². The Morgan fingerprint density at radius 3 is 2.75 bits per heavy atom. The number of hydrogen-bond donors (Lipinski definition) is 0. The van der Waals surface area contributed by atoms with Crippen molar-refractivity contribution in [1.29, 1.82) is 0 Å². The molecule has 12 heavy (non-hydrogen) atoms. The summed E-state index contributed by atoms with van der Waals surface area (Å²) in [5.41, 5.74) is 0. The molecule has 2 aliphatic rings. The predicted octanol–water partition coefficient (Wildman–Crippen LogP) is 1.31. The second-order valence-electron chi connectivity index (χ2n) is 4.42. The zero-order valence-electron chi connectivity index (χ0n) is 7.92. The van der Waals surface area contributed by atoms with Crippen molar-refractivity contribution in [2.24, 2.45) is 11.8 Å². The van der Waals surface area contributed by atoms with E-state index >= 15 is 0 Å². The first-order chi connectivity index (χ1) is 5.68. The summed E-state index contributed by atoms with van der Waals surface area (Å²) in [5, 5.41) is 0. The van der Waals surface area contributed by atoms with Crippen LogP contribution in [-0.4, -0.2) is 29.8 Å². The SMILES string of the molecule is CC(C)N1CC2CCC(=O)C2C1. The van der Waals surface area contributed by atoms with Gasteiger partial charge in [0.25, 0.3) is 0 Å². The largest absolute Gasteiger partial charge is 0.300 e. The Bertz CT molecular complexity index is 200. The minimum absolute atomic E-state index is 0.396. The molecule has 0 aromatic carbocycles. The summed E-state index contributed by atoms with van der Waals surface area (Å²) in [4.78, 5) is 13.8. The van der Waals surface area contributed by atoms with Gasteiger partial charge in [0.05, 0.1) is 0 Å². The van der Waals surface area contributed by atoms with Gasteiger partial charge in [-0.1, -0.05) is 0 Å². The lowest BCUT2D eigenvalue weighted by Gasteiger charge is -2.20. The van der Waals surface area contributed by atoms with Gasteiger partial charge in [-0.2, -0.15) is 0 Å². The number of likely N-dealkylation sites (tertiary alicyclic amines) is 1. The third-order valence-corrected chi connectivity index (χ3v) is 3.37. The number of carbonyl (C=O) groups excluding carboxylic acids is 1. The van der Waals surface area contributed by atoms with Crippen molar-refractivity contribution >= 4 is 5.78 Å². The van der Waals surface area contributed by atoms with Gasteiger partial charge in [-0.05, 0) is 26.2 Å². The fourth-order valence-electron chi connectivity index (χ4n) is 2.50. The molecule has 2 atom stereocenters. The van der Waals surface area contributed by atoms with Gasteiger partial charge in [-0.15, -0.1) is 0 Å². The summed E-state index contributed by atoms with van der Waals surface area (Å²) >= 11 is 0. The van der Waals surface area contributed by atoms with E-state index in [0.717, 1.165) is 25.9 Å². The Balaban J connectivity index is 2.03. The van der Waals surface area contributed by atoms with Gasteiger partial charge >= 0.3 is 0 Å². The molecule has 2 rings (SSSR count). The molecule has 1 aliphatic heterocycles. The lowest BCUT2D eigenvalue weighted by molar-refractivity contribution is -0.120. The molecule has 0 amide bonds. The minimum Gasteiger partial charge on any atom is -0.300 e. The van der Waals surface area contributed by atoms with E-state index in [-0.39, 0.29) is 0 Å². The molecule has 0 spiro atoms. The Morgan fingerprint density at radius 1 is 1.42 bits per heavy atom. The average molecular weight is 167 g/mol. The van der Waals surface area contributed by atoms with Crippen molar-refractivity contribution in [3.63, 3.8) is 0 Å². The first kappa shape index (κ1) is 8.24. The van der Waals surface area contributed by atoms with Crippen LogP contribution in [0, 0.1) is 11.8 Å². The van der Waals surface area contributed by atoms with Gasteiger partial charge < -0.3 is 0 Å². The van der Waals surface area contributed by atoms with E-state index in [9.17, 15) is 4.79 Å². The summed E-state index contributed by atoms with van der Waals surface area (Å²) in [6.07, 6.45) is 1.99. The Hall–Kier alpha value is -0.370. The quantitative estimate of drug-likeness (QED) is 0.587. The van der Waals surface area contributed by atoms with Crippen molar-refractivity contribution in [3.8, 4) is 0 Å². The van der Waals surface area contributed by atoms with Crippen LogP contribution in [0.2, 0.25) is 0 Å². The normalized spacial score (nSPS) is 36.4. The molecule has 1 saturated carbocycles. The number of hydrogen-bond acceptors (Lipinski definition) is 2. The molecule has 0 N–H and O–H groups in total. The molecular formula is C10H17NO. The molecule has 0 aromatic heterocycles. The smallest absolute Gasteiger partial charge is 0.137 e. The standard InChI is InChI=1S/C10H17NO/c1-7(2)11-5-8-3-4-10(12)9(8)6-11/h7-9H,3-6H2,1-2H3. The number of Topliss-reactive ketones (excluding diaryl/α,β-unsaturated/α-hetero) is 1. The van der Waals surface area contributed by atoms with Crippen molar-refractivity contribution in [1.82, 2.24) is 4.90 Å². The number of ketones is 1. The van der Waals surface area contributed by atoms with Crippen LogP contribution in [0.3, 0.4) is 0 Å². The predicted molar refractivity (Wildman–Crippen MR) is 47.9 cm³/mol. The molecule has 2 nitrogen and oxygen atoms in total. The summed E-state index contributed by atoms with van der Waals surface area (Å²) in [7, 11) is 0. The maximum absolute atomic E-state index is 11.4. The van der Waals surface area contributed by atoms with Gasteiger partial charge in [0.1, 0.15) is 5.78 Å². The van der Waals surface area contributed by atoms with Crippen LogP contribution < -0.4 is 0 Å². The van der Waals surface area contributed by atoms with Gasteiger partial charge in [0.2, 0.25) is 0 Å². The Kier molecular flexibility index (Phi) is 1.95. The third kappa shape index (κ3) is 1.18. The highest BCUT2D eigenvalue weighted by Crippen LogP contribution is 2.35. The Morgan fingerprint density at radius 2 is 2.17 bits per heavy atom. The van der Waals surface area contributed by atoms with Crippen molar-refractivity contribution in [2.75, 3.05) is 13.1 Å². The van der Waals surface area contributed by atoms with Gasteiger partial charge in [0, 0.05) is 31.5 Å². The highest BCUT2D eigenvalue weighted by Gasteiger charge is 2.41. The lowest BCUT2D eigenvalue weighted by atomic mass is 10.0. The van der Waals surface area contributed by atoms with Crippen LogP contribution in [0.1, 0.15) is 26.7 Å². The van der Waals surface area contributed by atoms with E-state index < -0.39 is 0 Å². The minimum atomic E-state index is 0.396. The lowest BCUT2D eigenvalue weighted by Crippen LogP contribution is -2.29. The van der Waals surface area contributed by atoms with E-state index in [1.165, 1.54) is 0 Å². The van der Waals surface area contributed by atoms with E-state index in [1.807, 2.05) is 0 Å². The molecule has 1 saturated heterocycles. The summed E-state index contributed by atoms with van der Waals surface area (Å²) in [5.74, 6) is 1.61. The first-order valence-corrected chi connectivity index (χ1v) is 4.95. The first-order valence-electron chi connectivity index (χ1n) is 4.95. The monoisotopic (exact) mass is 167 g/mol. The van der Waals surface area contributed by atoms with Crippen molar-refractivity contribution in [3.05, 3.63) is 0 Å². The van der Waals surface area contributed by atoms with E-state index in [0.29, 0.717) is 23.7 Å². The molecule has 0 aromatic rings. The molecule has 2 fully saturated rings. The number of nitrogens with zero attached hydrogens (tertiary/aromatic N) is 1. The van der Waals surface area contributed by atoms with Gasteiger partial charge in [0.15, 0.2) is 0 Å². The summed E-state index contributed by atoms with van der Waals surface area (Å²) < 4.78 is 0. The van der Waals surface area contributed by atoms with Crippen LogP contribution in [-0.2, 0) is 4.79 Å². The highest BCUT2D eigenvalue weighted by atomic mass is 16.1. The van der Waals surface area contributed by atoms with Crippen molar-refractivity contribution in [2.45, 2.75) is 32.7 Å². The maximum atomic E-state index is 11.4. The van der Waals surface area contributed by atoms with Crippen LogP contribution >= 0.6 is 0 Å². The Labute approximate surface area is 73.9 Å². The zero-order chi connectivity index (χ0) is 8.72. The van der Waals surface area contributed by atoms with Crippen LogP contribution in [0.25, 0.3) is 0 Å². The van der Waals surface area contributed by atoms with Crippen LogP contribution in [0.4, 0.5) is 0 Å². The maximum Gasteiger partial charge on any atom is 0.137 e. The third-order valence-electron chi connectivity index (χ3n) is 3.37. The highest BCUT2D eigenvalue weighted by molar-refractivity contribution is 5.84. The molecule has 0 bridgehead atoms. The van der Waals surface area contributed by atoms with Crippen LogP contribution in [0.5, 0.6) is 0 Å². The summed E-state index contributed by atoms with van der Waals surface area (Å²) in [6, 6.07) is 0.614. The molecule has 1 aliphatic carbocycles. The zero-order valence-corrected chi connectivity index (χ0v) is 7.92. The fourth-order valence-corrected chi connectivity index (χ4v) is 2.50. The van der Waals surface area contributed by atoms with Gasteiger partial charge in [-0.25, -0.2) is 0 Å². The molecule has 2 unspecified atom stereocenters.